The number of ether oxygens (including phenoxy) is 1. The first kappa shape index (κ1) is 30.1. The normalized spacial score (nSPS) is 17.2. The van der Waals surface area contributed by atoms with Gasteiger partial charge in [0.2, 0.25) is 0 Å². The van der Waals surface area contributed by atoms with Crippen molar-refractivity contribution in [1.29, 1.82) is 0 Å². The van der Waals surface area contributed by atoms with Crippen LogP contribution in [0.2, 0.25) is 0 Å². The molecule has 0 spiro atoms. The molecule has 0 aliphatic carbocycles. The van der Waals surface area contributed by atoms with Crippen LogP contribution in [0.3, 0.4) is 0 Å². The van der Waals surface area contributed by atoms with Crippen molar-refractivity contribution in [3.63, 3.8) is 0 Å². The highest BCUT2D eigenvalue weighted by atomic mass is 32.1. The van der Waals surface area contributed by atoms with Gasteiger partial charge in [-0.05, 0) is 36.8 Å². The molecule has 3 heterocycles. The Morgan fingerprint density at radius 3 is 2.51 bits per heavy atom. The van der Waals surface area contributed by atoms with E-state index in [1.807, 2.05) is 30.3 Å². The predicted molar refractivity (Wildman–Crippen MR) is 169 cm³/mol. The molecule has 230 valence electrons. The lowest BCUT2D eigenvalue weighted by molar-refractivity contribution is -0.880. The van der Waals surface area contributed by atoms with E-state index in [0.29, 0.717) is 31.7 Å². The van der Waals surface area contributed by atoms with Gasteiger partial charge in [0, 0.05) is 28.9 Å². The number of rotatable bonds is 7. The number of nitro groups is 1. The predicted octanol–water partition coefficient (Wildman–Crippen LogP) is 2.32. The van der Waals surface area contributed by atoms with Gasteiger partial charge in [0.15, 0.2) is 4.80 Å². The van der Waals surface area contributed by atoms with E-state index in [2.05, 4.69) is 11.9 Å². The van der Waals surface area contributed by atoms with Gasteiger partial charge in [-0.15, -0.1) is 0 Å². The van der Waals surface area contributed by atoms with Crippen LogP contribution in [0.4, 0.5) is 15.8 Å². The number of carbonyl (C=O) groups is 1. The zero-order chi connectivity index (χ0) is 31.7. The molecule has 0 bridgehead atoms. The first-order valence-corrected chi connectivity index (χ1v) is 15.5. The molecule has 12 heteroatoms. The zero-order valence-corrected chi connectivity index (χ0v) is 25.6. The number of hydrogen-bond donors (Lipinski definition) is 1. The van der Waals surface area contributed by atoms with Crippen molar-refractivity contribution in [1.82, 2.24) is 4.57 Å². The first-order valence-electron chi connectivity index (χ1n) is 14.6. The molecule has 0 radical (unpaired) electrons. The number of nitro benzene ring substituents is 1. The lowest BCUT2D eigenvalue weighted by Gasteiger charge is -2.32. The van der Waals surface area contributed by atoms with Crippen LogP contribution in [-0.2, 0) is 9.53 Å². The first-order chi connectivity index (χ1) is 21.7. The van der Waals surface area contributed by atoms with E-state index >= 15 is 0 Å². The number of piperazine rings is 1. The molecular weight excluding hydrogens is 597 g/mol. The molecule has 1 N–H and O–H groups in total. The van der Waals surface area contributed by atoms with E-state index in [-0.39, 0.29) is 17.9 Å². The summed E-state index contributed by atoms with van der Waals surface area (Å²) in [6, 6.07) is 18.5. The molecule has 10 nitrogen and oxygen atoms in total. The number of hydrogen-bond acceptors (Lipinski definition) is 8. The molecule has 1 aromatic heterocycles. The van der Waals surface area contributed by atoms with Gasteiger partial charge in [-0.1, -0.05) is 53.8 Å². The number of nitrogens with zero attached hydrogens (tertiary/aromatic N) is 4. The molecule has 1 fully saturated rings. The van der Waals surface area contributed by atoms with Crippen molar-refractivity contribution in [3.8, 4) is 0 Å². The number of nitrogens with one attached hydrogen (secondary N) is 1. The third-order valence-electron chi connectivity index (χ3n) is 8.03. The number of quaternary nitrogens is 1. The molecule has 1 atom stereocenters. The molecule has 45 heavy (non-hydrogen) atoms. The van der Waals surface area contributed by atoms with Gasteiger partial charge in [0.05, 0.1) is 66.6 Å². The SMILES string of the molecule is CCOC(=O)C1=C(c2ccccc2)N=c2s/c(=C/c3cc([N+](=O)[O-])ccc3N3CC[NH+](C)CC3)c(=O)n2[C@@H]1c1ccc(F)cc1. The Bertz CT molecular complexity index is 1980. The second-order valence-corrected chi connectivity index (χ2v) is 11.9. The van der Waals surface area contributed by atoms with Gasteiger partial charge < -0.3 is 14.5 Å². The summed E-state index contributed by atoms with van der Waals surface area (Å²) in [4.78, 5) is 47.9. The molecule has 0 unspecified atom stereocenters. The van der Waals surface area contributed by atoms with Gasteiger partial charge in [-0.3, -0.25) is 19.5 Å². The molecule has 2 aliphatic rings. The van der Waals surface area contributed by atoms with Crippen LogP contribution in [-0.4, -0.2) is 55.3 Å². The second kappa shape index (κ2) is 12.6. The summed E-state index contributed by atoms with van der Waals surface area (Å²) in [7, 11) is 2.13. The molecule has 2 aliphatic heterocycles. The summed E-state index contributed by atoms with van der Waals surface area (Å²) in [5, 5.41) is 11.7. The highest BCUT2D eigenvalue weighted by molar-refractivity contribution is 7.07. The molecule has 3 aromatic carbocycles. The monoisotopic (exact) mass is 628 g/mol. The Hall–Kier alpha value is -4.94. The van der Waals surface area contributed by atoms with Gasteiger partial charge in [0.1, 0.15) is 5.82 Å². The molecule has 4 aromatic rings. The van der Waals surface area contributed by atoms with E-state index in [1.54, 1.807) is 31.2 Å². The second-order valence-electron chi connectivity index (χ2n) is 10.9. The van der Waals surface area contributed by atoms with Crippen LogP contribution in [0.25, 0.3) is 11.8 Å². The lowest BCUT2D eigenvalue weighted by Crippen LogP contribution is -3.12. The number of benzene rings is 3. The lowest BCUT2D eigenvalue weighted by atomic mass is 9.93. The fourth-order valence-electron chi connectivity index (χ4n) is 5.73. The van der Waals surface area contributed by atoms with Crippen molar-refractivity contribution in [2.24, 2.45) is 4.99 Å². The Balaban J connectivity index is 1.60. The number of likely N-dealkylation sites (N-methyl/N-ethyl adjacent to an activating group) is 1. The summed E-state index contributed by atoms with van der Waals surface area (Å²) in [6.07, 6.45) is 1.66. The van der Waals surface area contributed by atoms with E-state index in [1.165, 1.54) is 33.7 Å². The van der Waals surface area contributed by atoms with Crippen LogP contribution in [0, 0.1) is 15.9 Å². The summed E-state index contributed by atoms with van der Waals surface area (Å²) in [5.41, 5.74) is 2.50. The Kier molecular flexibility index (Phi) is 8.42. The van der Waals surface area contributed by atoms with Gasteiger partial charge in [-0.25, -0.2) is 14.2 Å². The minimum Gasteiger partial charge on any atom is -0.463 e. The zero-order valence-electron chi connectivity index (χ0n) is 24.7. The minimum absolute atomic E-state index is 0.0855. The summed E-state index contributed by atoms with van der Waals surface area (Å²) in [6.45, 7) is 5.15. The van der Waals surface area contributed by atoms with Crippen molar-refractivity contribution >= 4 is 40.5 Å². The topological polar surface area (TPSA) is 111 Å². The Morgan fingerprint density at radius 1 is 1.13 bits per heavy atom. The van der Waals surface area contributed by atoms with E-state index in [4.69, 9.17) is 9.73 Å². The number of halogens is 1. The van der Waals surface area contributed by atoms with E-state index in [9.17, 15) is 24.1 Å². The van der Waals surface area contributed by atoms with Crippen molar-refractivity contribution in [2.75, 3.05) is 44.7 Å². The molecule has 0 saturated carbocycles. The average molecular weight is 629 g/mol. The molecule has 0 amide bonds. The number of aromatic nitrogens is 1. The number of thiazole rings is 1. The van der Waals surface area contributed by atoms with Crippen LogP contribution in [0.1, 0.15) is 29.7 Å². The maximum absolute atomic E-state index is 14.3. The quantitative estimate of drug-likeness (QED) is 0.191. The fraction of sp³-hybridized carbons (Fsp3) is 0.242. The standard InChI is InChI=1S/C33H30FN5O5S/c1-3-44-32(41)28-29(21-7-5-4-6-8-21)35-33-38(30(28)22-9-11-24(34)12-10-22)31(40)27(45-33)20-23-19-25(39(42)43)13-14-26(23)37-17-15-36(2)16-18-37/h4-14,19-20,30H,3,15-18H2,1-2H3/p+1/b27-20+/t30-/m1/s1. The summed E-state index contributed by atoms with van der Waals surface area (Å²) in [5.74, 6) is -1.10. The average Bonchev–Trinajstić information content (AvgIpc) is 3.35. The third kappa shape index (κ3) is 5.94. The molecular formula is C33H31FN5O5S+. The number of carbonyl (C=O) groups excluding carboxylic acids is 1. The van der Waals surface area contributed by atoms with Crippen molar-refractivity contribution < 1.29 is 23.7 Å². The highest BCUT2D eigenvalue weighted by Gasteiger charge is 2.35. The number of esters is 1. The smallest absolute Gasteiger partial charge is 0.338 e. The van der Waals surface area contributed by atoms with E-state index in [0.717, 1.165) is 43.2 Å². The van der Waals surface area contributed by atoms with Crippen molar-refractivity contribution in [3.05, 3.63) is 131 Å². The van der Waals surface area contributed by atoms with Gasteiger partial charge >= 0.3 is 5.97 Å². The van der Waals surface area contributed by atoms with Crippen molar-refractivity contribution in [2.45, 2.75) is 13.0 Å². The van der Waals surface area contributed by atoms with Gasteiger partial charge in [0.25, 0.3) is 11.2 Å². The minimum atomic E-state index is -0.955. The number of fused-ring (bicyclic) bond motifs is 1. The Morgan fingerprint density at radius 2 is 1.84 bits per heavy atom. The van der Waals surface area contributed by atoms with E-state index < -0.39 is 28.3 Å². The highest BCUT2D eigenvalue weighted by Crippen LogP contribution is 2.35. The summed E-state index contributed by atoms with van der Waals surface area (Å²) >= 11 is 1.13. The van der Waals surface area contributed by atoms with Gasteiger partial charge in [-0.2, -0.15) is 0 Å². The van der Waals surface area contributed by atoms with Crippen LogP contribution in [0.15, 0.2) is 88.2 Å². The number of anilines is 1. The number of non-ortho nitro benzene ring substituents is 1. The van der Waals surface area contributed by atoms with Crippen LogP contribution < -0.4 is 24.7 Å². The van der Waals surface area contributed by atoms with Crippen LogP contribution >= 0.6 is 11.3 Å². The third-order valence-corrected chi connectivity index (χ3v) is 9.01. The Labute approximate surface area is 261 Å². The maximum atomic E-state index is 14.3. The van der Waals surface area contributed by atoms with Crippen LogP contribution in [0.5, 0.6) is 0 Å². The maximum Gasteiger partial charge on any atom is 0.338 e. The molecule has 1 saturated heterocycles. The largest absolute Gasteiger partial charge is 0.463 e. The fourth-order valence-corrected chi connectivity index (χ4v) is 6.72. The molecule has 6 rings (SSSR count). The summed E-state index contributed by atoms with van der Waals surface area (Å²) < 4.78 is 21.2.